The molecule has 1 N–H and O–H groups in total. The summed E-state index contributed by atoms with van der Waals surface area (Å²) in [5.74, 6) is 0.775. The molecule has 37 heavy (non-hydrogen) atoms. The second-order valence-corrected chi connectivity index (χ2v) is 9.56. The summed E-state index contributed by atoms with van der Waals surface area (Å²) in [6.45, 7) is 5.86. The van der Waals surface area contributed by atoms with Gasteiger partial charge in [0.05, 0.1) is 11.9 Å². The zero-order valence-electron chi connectivity index (χ0n) is 22.1. The first kappa shape index (κ1) is 28.8. The number of ether oxygens (including phenoxy) is 1. The molecule has 1 heterocycles. The van der Waals surface area contributed by atoms with E-state index in [1.165, 1.54) is 44.2 Å². The minimum atomic E-state index is -4.69. The molecule has 3 aromatic rings. The van der Waals surface area contributed by atoms with E-state index in [2.05, 4.69) is 40.6 Å². The van der Waals surface area contributed by atoms with Crippen molar-refractivity contribution in [3.8, 4) is 17.1 Å². The van der Waals surface area contributed by atoms with Crippen molar-refractivity contribution in [2.75, 3.05) is 0 Å². The van der Waals surface area contributed by atoms with Crippen LogP contribution in [-0.2, 0) is 13.1 Å². The molecule has 1 unspecified atom stereocenters. The summed E-state index contributed by atoms with van der Waals surface area (Å²) in [5, 5.41) is 3.68. The average molecular weight is 516 g/mol. The fourth-order valence-corrected chi connectivity index (χ4v) is 4.57. The van der Waals surface area contributed by atoms with Crippen molar-refractivity contribution in [2.45, 2.75) is 97.1 Å². The molecule has 7 heteroatoms. The van der Waals surface area contributed by atoms with Crippen LogP contribution in [0.2, 0.25) is 0 Å². The van der Waals surface area contributed by atoms with Gasteiger partial charge in [-0.1, -0.05) is 101 Å². The molecular weight excluding hydrogens is 475 g/mol. The first-order valence-corrected chi connectivity index (χ1v) is 13.6. The molecule has 0 saturated carbocycles. The minimum absolute atomic E-state index is 0.0964. The highest BCUT2D eigenvalue weighted by Gasteiger charge is 2.31. The molecule has 2 aromatic carbocycles. The van der Waals surface area contributed by atoms with Gasteiger partial charge in [0.25, 0.3) is 0 Å². The van der Waals surface area contributed by atoms with Crippen LogP contribution in [0.4, 0.5) is 13.2 Å². The van der Waals surface area contributed by atoms with Gasteiger partial charge in [-0.3, -0.25) is 0 Å². The lowest BCUT2D eigenvalue weighted by Crippen LogP contribution is -2.24. The Morgan fingerprint density at radius 3 is 2.22 bits per heavy atom. The molecule has 4 nitrogen and oxygen atoms in total. The number of imidazole rings is 1. The highest BCUT2D eigenvalue weighted by atomic mass is 19.4. The Morgan fingerprint density at radius 2 is 1.54 bits per heavy atom. The van der Waals surface area contributed by atoms with Crippen LogP contribution in [0.3, 0.4) is 0 Å². The van der Waals surface area contributed by atoms with Crippen molar-refractivity contribution in [2.24, 2.45) is 0 Å². The lowest BCUT2D eigenvalue weighted by molar-refractivity contribution is -0.274. The third-order valence-electron chi connectivity index (χ3n) is 6.57. The molecule has 0 bridgehead atoms. The fraction of sp³-hybridized carbons (Fsp3) is 0.500. The maximum absolute atomic E-state index is 12.5. The number of nitrogens with one attached hydrogen (secondary N) is 1. The summed E-state index contributed by atoms with van der Waals surface area (Å²) in [6.07, 6.45) is 7.77. The molecule has 0 aliphatic rings. The van der Waals surface area contributed by atoms with Crippen LogP contribution in [-0.4, -0.2) is 15.9 Å². The number of hydrogen-bond donors (Lipinski definition) is 1. The largest absolute Gasteiger partial charge is 0.573 e. The van der Waals surface area contributed by atoms with Crippen LogP contribution in [0.25, 0.3) is 11.4 Å². The summed E-state index contributed by atoms with van der Waals surface area (Å²) in [4.78, 5) is 4.83. The molecular formula is C30H40F3N3O. The minimum Gasteiger partial charge on any atom is -0.406 e. The molecule has 1 atom stereocenters. The van der Waals surface area contributed by atoms with Crippen molar-refractivity contribution in [1.29, 1.82) is 0 Å². The number of alkyl halides is 3. The lowest BCUT2D eigenvalue weighted by atomic mass is 10.0. The molecule has 0 spiro atoms. The zero-order chi connectivity index (χ0) is 26.5. The van der Waals surface area contributed by atoms with Crippen LogP contribution in [0.15, 0.2) is 60.8 Å². The summed E-state index contributed by atoms with van der Waals surface area (Å²) in [7, 11) is 0. The van der Waals surface area contributed by atoms with E-state index in [9.17, 15) is 13.2 Å². The Morgan fingerprint density at radius 1 is 0.865 bits per heavy atom. The van der Waals surface area contributed by atoms with E-state index in [1.807, 2.05) is 24.4 Å². The Labute approximate surface area is 219 Å². The van der Waals surface area contributed by atoms with Crippen molar-refractivity contribution >= 4 is 0 Å². The lowest BCUT2D eigenvalue weighted by Gasteiger charge is -2.22. The Hall–Kier alpha value is -2.80. The summed E-state index contributed by atoms with van der Waals surface area (Å²) in [5.41, 5.74) is 3.17. The third-order valence-corrected chi connectivity index (χ3v) is 6.57. The van der Waals surface area contributed by atoms with Gasteiger partial charge in [-0.15, -0.1) is 13.2 Å². The first-order valence-electron chi connectivity index (χ1n) is 13.6. The Balaban J connectivity index is 1.77. The summed E-state index contributed by atoms with van der Waals surface area (Å²) in [6, 6.07) is 16.5. The smallest absolute Gasteiger partial charge is 0.406 e. The van der Waals surface area contributed by atoms with E-state index >= 15 is 0 Å². The van der Waals surface area contributed by atoms with Crippen LogP contribution < -0.4 is 10.1 Å². The third kappa shape index (κ3) is 9.54. The second-order valence-electron chi connectivity index (χ2n) is 9.56. The van der Waals surface area contributed by atoms with E-state index in [4.69, 9.17) is 4.98 Å². The van der Waals surface area contributed by atoms with E-state index < -0.39 is 6.36 Å². The molecule has 0 aliphatic carbocycles. The van der Waals surface area contributed by atoms with Gasteiger partial charge in [-0.25, -0.2) is 4.98 Å². The maximum Gasteiger partial charge on any atom is 0.573 e. The number of hydrogen-bond acceptors (Lipinski definition) is 3. The molecule has 0 aliphatic heterocycles. The van der Waals surface area contributed by atoms with Crippen LogP contribution in [0.1, 0.15) is 88.9 Å². The van der Waals surface area contributed by atoms with E-state index in [-0.39, 0.29) is 11.8 Å². The first-order chi connectivity index (χ1) is 17.9. The van der Waals surface area contributed by atoms with E-state index in [1.54, 1.807) is 12.1 Å². The van der Waals surface area contributed by atoms with Gasteiger partial charge < -0.3 is 14.6 Å². The number of unbranched alkanes of at least 4 members (excludes halogenated alkanes) is 6. The Kier molecular flexibility index (Phi) is 11.5. The summed E-state index contributed by atoms with van der Waals surface area (Å²) >= 11 is 0. The predicted octanol–water partition coefficient (Wildman–Crippen LogP) is 8.83. The molecule has 0 radical (unpaired) electrons. The monoisotopic (exact) mass is 515 g/mol. The van der Waals surface area contributed by atoms with E-state index in [0.717, 1.165) is 54.9 Å². The average Bonchev–Trinajstić information content (AvgIpc) is 3.30. The number of rotatable bonds is 16. The quantitative estimate of drug-likeness (QED) is 0.194. The van der Waals surface area contributed by atoms with Crippen molar-refractivity contribution in [3.05, 3.63) is 72.1 Å². The van der Waals surface area contributed by atoms with Crippen molar-refractivity contribution in [3.63, 3.8) is 0 Å². The van der Waals surface area contributed by atoms with Gasteiger partial charge in [0.2, 0.25) is 0 Å². The number of halogens is 3. The second kappa shape index (κ2) is 14.8. The van der Waals surface area contributed by atoms with E-state index in [0.29, 0.717) is 6.54 Å². The highest BCUT2D eigenvalue weighted by molar-refractivity contribution is 5.56. The van der Waals surface area contributed by atoms with Crippen LogP contribution in [0, 0.1) is 0 Å². The number of nitrogens with zero attached hydrogens (tertiary/aromatic N) is 2. The topological polar surface area (TPSA) is 39.1 Å². The van der Waals surface area contributed by atoms with Gasteiger partial charge in [0, 0.05) is 24.7 Å². The zero-order valence-corrected chi connectivity index (χ0v) is 22.1. The van der Waals surface area contributed by atoms with Crippen LogP contribution in [0.5, 0.6) is 5.75 Å². The van der Waals surface area contributed by atoms with Gasteiger partial charge in [-0.2, -0.15) is 0 Å². The molecule has 0 saturated heterocycles. The predicted molar refractivity (Wildman–Crippen MR) is 143 cm³/mol. The number of aromatic nitrogens is 2. The molecule has 202 valence electrons. The van der Waals surface area contributed by atoms with Gasteiger partial charge in [0.1, 0.15) is 11.6 Å². The number of benzene rings is 2. The standard InChI is InChI=1S/C30H40F3N3O/c1-3-5-7-8-9-13-16-27(34-22-24-17-19-26(20-18-24)37-30(31,32)33)28-23-35-29(36(28)21-6-4-2)25-14-11-10-12-15-25/h10-12,14-15,17-20,23,27,34H,3-9,13,16,21-22H2,1-2H3. The molecule has 0 amide bonds. The Bertz CT molecular complexity index is 1030. The molecule has 3 rings (SSSR count). The van der Waals surface area contributed by atoms with Gasteiger partial charge in [0.15, 0.2) is 0 Å². The highest BCUT2D eigenvalue weighted by Crippen LogP contribution is 2.28. The van der Waals surface area contributed by atoms with Crippen LogP contribution >= 0.6 is 0 Å². The van der Waals surface area contributed by atoms with Gasteiger partial charge in [-0.05, 0) is 30.5 Å². The fourth-order valence-electron chi connectivity index (χ4n) is 4.57. The molecule has 0 fully saturated rings. The van der Waals surface area contributed by atoms with Crippen molar-refractivity contribution < 1.29 is 17.9 Å². The van der Waals surface area contributed by atoms with Crippen molar-refractivity contribution in [1.82, 2.24) is 14.9 Å². The SMILES string of the molecule is CCCCCCCCC(NCc1ccc(OC(F)(F)F)cc1)c1cnc(-c2ccccc2)n1CCCC. The normalized spacial score (nSPS) is 12.6. The van der Waals surface area contributed by atoms with Gasteiger partial charge >= 0.3 is 6.36 Å². The maximum atomic E-state index is 12.5. The molecule has 1 aromatic heterocycles. The summed E-state index contributed by atoms with van der Waals surface area (Å²) < 4.78 is 43.9.